The van der Waals surface area contributed by atoms with E-state index in [0.29, 0.717) is 5.92 Å². The number of nitrogens with two attached hydrogens (primary N) is 1. The second-order valence-electron chi connectivity index (χ2n) is 4.88. The summed E-state index contributed by atoms with van der Waals surface area (Å²) in [7, 11) is 0. The maximum atomic E-state index is 7.57. The summed E-state index contributed by atoms with van der Waals surface area (Å²) >= 11 is 0. The van der Waals surface area contributed by atoms with Crippen LogP contribution in [0.1, 0.15) is 53.9 Å². The van der Waals surface area contributed by atoms with Crippen molar-refractivity contribution in [1.29, 1.82) is 0 Å². The van der Waals surface area contributed by atoms with E-state index in [-0.39, 0.29) is 18.8 Å². The molecule has 0 aromatic heterocycles. The lowest BCUT2D eigenvalue weighted by Crippen LogP contribution is -2.39. The van der Waals surface area contributed by atoms with Gasteiger partial charge in [-0.3, -0.25) is 0 Å². The zero-order valence-corrected chi connectivity index (χ0v) is 12.6. The van der Waals surface area contributed by atoms with Crippen LogP contribution in [0, 0.1) is 5.92 Å². The highest BCUT2D eigenvalue weighted by atomic mass is 16.8. The number of hydrogen-bond acceptors (Lipinski definition) is 4. The van der Waals surface area contributed by atoms with E-state index in [4.69, 9.17) is 20.3 Å². The molecule has 2 rings (SSSR count). The molecule has 0 radical (unpaired) electrons. The minimum atomic E-state index is -0.396. The second kappa shape index (κ2) is 8.86. The van der Waals surface area contributed by atoms with Crippen LogP contribution >= 0.6 is 0 Å². The van der Waals surface area contributed by atoms with Gasteiger partial charge in [-0.05, 0) is 40.2 Å². The van der Waals surface area contributed by atoms with E-state index in [9.17, 15) is 0 Å². The third-order valence-corrected chi connectivity index (χ3v) is 3.05. The van der Waals surface area contributed by atoms with Gasteiger partial charge in [-0.25, -0.2) is 0 Å². The Morgan fingerprint density at radius 3 is 2.28 bits per heavy atom. The fourth-order valence-corrected chi connectivity index (χ4v) is 2.48. The third kappa shape index (κ3) is 5.22. The first kappa shape index (κ1) is 17.8. The molecule has 0 amide bonds. The topological polar surface area (TPSA) is 64.7 Å². The molecular weight excluding hydrogens is 230 g/mol. The lowest BCUT2D eigenvalue weighted by Gasteiger charge is -2.30. The smallest absolute Gasteiger partial charge is 0.163 e. The number of fused-ring (bicyclic) bond motifs is 1. The van der Waals surface area contributed by atoms with Crippen LogP contribution in [0.25, 0.3) is 0 Å². The molecule has 1 heterocycles. The third-order valence-electron chi connectivity index (χ3n) is 3.05. The highest BCUT2D eigenvalue weighted by Gasteiger charge is 2.46. The molecule has 18 heavy (non-hydrogen) atoms. The van der Waals surface area contributed by atoms with Gasteiger partial charge in [0.15, 0.2) is 5.79 Å². The van der Waals surface area contributed by atoms with Gasteiger partial charge < -0.3 is 20.3 Å². The van der Waals surface area contributed by atoms with Crippen molar-refractivity contribution in [3.63, 3.8) is 0 Å². The number of aliphatic hydroxyl groups is 1. The molecule has 110 valence electrons. The molecule has 4 nitrogen and oxygen atoms in total. The van der Waals surface area contributed by atoms with Crippen molar-refractivity contribution in [2.24, 2.45) is 11.7 Å². The fraction of sp³-hybridized carbons (Fsp3) is 1.00. The van der Waals surface area contributed by atoms with Gasteiger partial charge in [0.05, 0.1) is 12.2 Å². The van der Waals surface area contributed by atoms with Gasteiger partial charge in [-0.1, -0.05) is 20.3 Å². The fourth-order valence-electron chi connectivity index (χ4n) is 2.48. The number of rotatable bonds is 1. The van der Waals surface area contributed by atoms with E-state index in [1.54, 1.807) is 6.92 Å². The molecule has 2 aliphatic rings. The Labute approximate surface area is 112 Å². The standard InChI is InChI=1S/C10H19NO2.C2H6O.C2H6/c1-10(2)12-8-5-3-4-7(6-11)9(8)13-10;1-2-3;1-2/h7-9H,3-6,11H2,1-2H3;3H,2H2,1H3;1-2H3/t7-,8?,9?;;/m1../s1. The monoisotopic (exact) mass is 261 g/mol. The van der Waals surface area contributed by atoms with Crippen molar-refractivity contribution in [3.8, 4) is 0 Å². The van der Waals surface area contributed by atoms with Crippen LogP contribution in [0.2, 0.25) is 0 Å². The Kier molecular flexibility index (Phi) is 8.78. The van der Waals surface area contributed by atoms with Crippen molar-refractivity contribution in [2.45, 2.75) is 71.9 Å². The minimum Gasteiger partial charge on any atom is -0.397 e. The number of aliphatic hydroxyl groups excluding tert-OH is 1. The molecule has 2 unspecified atom stereocenters. The first-order chi connectivity index (χ1) is 8.54. The van der Waals surface area contributed by atoms with E-state index >= 15 is 0 Å². The van der Waals surface area contributed by atoms with E-state index in [0.717, 1.165) is 13.0 Å². The largest absolute Gasteiger partial charge is 0.397 e. The van der Waals surface area contributed by atoms with E-state index in [1.807, 2.05) is 27.7 Å². The summed E-state index contributed by atoms with van der Waals surface area (Å²) in [5, 5.41) is 7.57. The Bertz CT molecular complexity index is 209. The van der Waals surface area contributed by atoms with E-state index < -0.39 is 5.79 Å². The molecule has 0 bridgehead atoms. The molecule has 0 aromatic rings. The van der Waals surface area contributed by atoms with Crippen LogP contribution in [0.4, 0.5) is 0 Å². The molecule has 4 heteroatoms. The van der Waals surface area contributed by atoms with E-state index in [2.05, 4.69) is 0 Å². The Morgan fingerprint density at radius 2 is 1.78 bits per heavy atom. The quantitative estimate of drug-likeness (QED) is 0.760. The lowest BCUT2D eigenvalue weighted by molar-refractivity contribution is -0.148. The Hall–Kier alpha value is -0.160. The molecule has 1 aliphatic heterocycles. The summed E-state index contributed by atoms with van der Waals surface area (Å²) in [6.07, 6.45) is 4.08. The predicted octanol–water partition coefficient (Wildman–Crippen LogP) is 2.29. The van der Waals surface area contributed by atoms with E-state index in [1.165, 1.54) is 12.8 Å². The van der Waals surface area contributed by atoms with Crippen LogP contribution in [-0.4, -0.2) is 36.3 Å². The van der Waals surface area contributed by atoms with Crippen LogP contribution in [0.5, 0.6) is 0 Å². The molecule has 2 fully saturated rings. The SMILES string of the molecule is CC.CC1(C)OC2CCC[C@H](CN)C2O1.CCO. The maximum Gasteiger partial charge on any atom is 0.163 e. The summed E-state index contributed by atoms with van der Waals surface area (Å²) in [6, 6.07) is 0. The van der Waals surface area contributed by atoms with Gasteiger partial charge >= 0.3 is 0 Å². The van der Waals surface area contributed by atoms with Gasteiger partial charge in [-0.2, -0.15) is 0 Å². The lowest BCUT2D eigenvalue weighted by atomic mass is 9.85. The number of ether oxygens (including phenoxy) is 2. The molecule has 1 saturated carbocycles. The van der Waals surface area contributed by atoms with Crippen molar-refractivity contribution < 1.29 is 14.6 Å². The first-order valence-electron chi connectivity index (χ1n) is 7.20. The molecule has 1 saturated heterocycles. The molecule has 0 spiro atoms. The molecular formula is C14H31NO3. The predicted molar refractivity (Wildman–Crippen MR) is 74.3 cm³/mol. The van der Waals surface area contributed by atoms with Crippen LogP contribution in [0.3, 0.4) is 0 Å². The molecule has 3 N–H and O–H groups in total. The molecule has 0 aromatic carbocycles. The summed E-state index contributed by atoms with van der Waals surface area (Å²) in [4.78, 5) is 0. The second-order valence-corrected chi connectivity index (χ2v) is 4.88. The maximum absolute atomic E-state index is 7.57. The van der Waals surface area contributed by atoms with Crippen molar-refractivity contribution >= 4 is 0 Å². The van der Waals surface area contributed by atoms with Crippen molar-refractivity contribution in [1.82, 2.24) is 0 Å². The van der Waals surface area contributed by atoms with Crippen molar-refractivity contribution in [2.75, 3.05) is 13.2 Å². The number of hydrogen-bond donors (Lipinski definition) is 2. The summed E-state index contributed by atoms with van der Waals surface area (Å²) in [5.74, 6) is 0.105. The summed E-state index contributed by atoms with van der Waals surface area (Å²) < 4.78 is 11.7. The highest BCUT2D eigenvalue weighted by molar-refractivity contribution is 4.90. The van der Waals surface area contributed by atoms with Crippen LogP contribution in [-0.2, 0) is 9.47 Å². The van der Waals surface area contributed by atoms with Gasteiger partial charge in [0.25, 0.3) is 0 Å². The van der Waals surface area contributed by atoms with Gasteiger partial charge in [0, 0.05) is 12.5 Å². The summed E-state index contributed by atoms with van der Waals surface area (Å²) in [6.45, 7) is 10.6. The van der Waals surface area contributed by atoms with Gasteiger partial charge in [0.1, 0.15) is 0 Å². The zero-order valence-electron chi connectivity index (χ0n) is 12.6. The average molecular weight is 261 g/mol. The highest BCUT2D eigenvalue weighted by Crippen LogP contribution is 2.39. The first-order valence-corrected chi connectivity index (χ1v) is 7.20. The van der Waals surface area contributed by atoms with Crippen LogP contribution in [0.15, 0.2) is 0 Å². The summed E-state index contributed by atoms with van der Waals surface area (Å²) in [5.41, 5.74) is 5.71. The van der Waals surface area contributed by atoms with Crippen LogP contribution < -0.4 is 5.73 Å². The molecule has 3 atom stereocenters. The Morgan fingerprint density at radius 1 is 1.22 bits per heavy atom. The Balaban J connectivity index is 0.000000509. The van der Waals surface area contributed by atoms with Gasteiger partial charge in [0.2, 0.25) is 0 Å². The minimum absolute atomic E-state index is 0.244. The average Bonchev–Trinajstić information content (AvgIpc) is 2.66. The normalized spacial score (nSPS) is 32.5. The zero-order chi connectivity index (χ0) is 14.2. The van der Waals surface area contributed by atoms with Gasteiger partial charge in [-0.15, -0.1) is 0 Å². The molecule has 1 aliphatic carbocycles. The van der Waals surface area contributed by atoms with Crippen molar-refractivity contribution in [3.05, 3.63) is 0 Å².